The quantitative estimate of drug-likeness (QED) is 0.749. The smallest absolute Gasteiger partial charge is 0.226 e. The van der Waals surface area contributed by atoms with Crippen LogP contribution in [-0.2, 0) is 6.42 Å². The summed E-state index contributed by atoms with van der Waals surface area (Å²) in [5.74, 6) is 1.51. The van der Waals surface area contributed by atoms with Crippen molar-refractivity contribution in [2.75, 3.05) is 11.9 Å². The van der Waals surface area contributed by atoms with Crippen molar-refractivity contribution >= 4 is 23.0 Å². The van der Waals surface area contributed by atoms with E-state index in [2.05, 4.69) is 45.1 Å². The first kappa shape index (κ1) is 15.1. The molecule has 0 saturated heterocycles. The zero-order valence-electron chi connectivity index (χ0n) is 13.1. The summed E-state index contributed by atoms with van der Waals surface area (Å²) in [4.78, 5) is 5.80. The summed E-state index contributed by atoms with van der Waals surface area (Å²) in [6.07, 6.45) is 3.54. The zero-order chi connectivity index (χ0) is 16.4. The number of aliphatic hydroxyl groups excluding tert-OH is 1. The Balaban J connectivity index is 1.76. The third-order valence-electron chi connectivity index (χ3n) is 4.00. The molecular weight excluding hydrogens is 320 g/mol. The van der Waals surface area contributed by atoms with Crippen LogP contribution in [0.15, 0.2) is 53.9 Å². The van der Waals surface area contributed by atoms with Crippen molar-refractivity contribution in [3.63, 3.8) is 0 Å². The fourth-order valence-corrected chi connectivity index (χ4v) is 3.55. The summed E-state index contributed by atoms with van der Waals surface area (Å²) in [6.45, 7) is 0.151. The molecule has 5 nitrogen and oxygen atoms in total. The van der Waals surface area contributed by atoms with Crippen molar-refractivity contribution in [2.45, 2.75) is 18.9 Å². The summed E-state index contributed by atoms with van der Waals surface area (Å²) in [5.41, 5.74) is 2.24. The summed E-state index contributed by atoms with van der Waals surface area (Å²) < 4.78 is 1.93. The highest BCUT2D eigenvalue weighted by molar-refractivity contribution is 7.11. The molecule has 2 aromatic heterocycles. The van der Waals surface area contributed by atoms with E-state index in [1.165, 1.54) is 10.4 Å². The molecule has 0 radical (unpaired) electrons. The molecule has 1 atom stereocenters. The van der Waals surface area contributed by atoms with Gasteiger partial charge < -0.3 is 10.4 Å². The van der Waals surface area contributed by atoms with Crippen LogP contribution in [0.2, 0.25) is 0 Å². The van der Waals surface area contributed by atoms with Crippen LogP contribution < -0.4 is 5.32 Å². The normalized spacial score (nSPS) is 16.4. The maximum absolute atomic E-state index is 9.04. The lowest BCUT2D eigenvalue weighted by Gasteiger charge is -2.23. The van der Waals surface area contributed by atoms with Gasteiger partial charge in [-0.2, -0.15) is 10.1 Å². The predicted molar refractivity (Wildman–Crippen MR) is 95.9 cm³/mol. The van der Waals surface area contributed by atoms with Gasteiger partial charge in [0, 0.05) is 13.0 Å². The number of hydrogen-bond acceptors (Lipinski definition) is 5. The van der Waals surface area contributed by atoms with E-state index in [4.69, 9.17) is 5.11 Å². The van der Waals surface area contributed by atoms with E-state index in [9.17, 15) is 0 Å². The van der Waals surface area contributed by atoms with Crippen LogP contribution in [0, 0.1) is 0 Å². The predicted octanol–water partition coefficient (Wildman–Crippen LogP) is 3.32. The fraction of sp³-hybridized carbons (Fsp3) is 0.222. The van der Waals surface area contributed by atoms with Gasteiger partial charge >= 0.3 is 0 Å². The standard InChI is InChI=1S/C18H18N4OS/c23-10-4-9-17-20-18-19-14(16-8-5-11-24-16)12-15(22(18)21-17)13-6-2-1-3-7-13/h1-3,5-8,11-12,15,23H,4,9-10H2,(H,19,20,21). The Morgan fingerprint density at radius 3 is 2.79 bits per heavy atom. The van der Waals surface area contributed by atoms with Crippen molar-refractivity contribution < 1.29 is 5.11 Å². The van der Waals surface area contributed by atoms with E-state index in [0.717, 1.165) is 17.5 Å². The van der Waals surface area contributed by atoms with Crippen LogP contribution in [0.1, 0.15) is 28.7 Å². The molecule has 1 aromatic carbocycles. The van der Waals surface area contributed by atoms with Gasteiger partial charge in [-0.05, 0) is 29.5 Å². The third-order valence-corrected chi connectivity index (χ3v) is 4.90. The molecule has 24 heavy (non-hydrogen) atoms. The minimum atomic E-state index is 0.00919. The summed E-state index contributed by atoms with van der Waals surface area (Å²) >= 11 is 1.70. The van der Waals surface area contributed by atoms with Crippen LogP contribution >= 0.6 is 11.3 Å². The van der Waals surface area contributed by atoms with Gasteiger partial charge in [-0.25, -0.2) is 4.68 Å². The molecule has 2 N–H and O–H groups in total. The molecule has 4 rings (SSSR count). The Morgan fingerprint density at radius 2 is 2.04 bits per heavy atom. The lowest BCUT2D eigenvalue weighted by atomic mass is 10.0. The van der Waals surface area contributed by atoms with Gasteiger partial charge in [0.15, 0.2) is 5.82 Å². The Bertz CT molecular complexity index is 839. The van der Waals surface area contributed by atoms with Crippen LogP contribution in [0.5, 0.6) is 0 Å². The minimum absolute atomic E-state index is 0.00919. The van der Waals surface area contributed by atoms with Crippen LogP contribution in [0.25, 0.3) is 5.70 Å². The molecule has 0 bridgehead atoms. The Labute approximate surface area is 144 Å². The summed E-state index contributed by atoms with van der Waals surface area (Å²) in [7, 11) is 0. The van der Waals surface area contributed by atoms with Gasteiger partial charge in [0.05, 0.1) is 10.6 Å². The summed E-state index contributed by atoms with van der Waals surface area (Å²) in [5, 5.41) is 19.2. The van der Waals surface area contributed by atoms with Crippen molar-refractivity contribution in [1.29, 1.82) is 0 Å². The van der Waals surface area contributed by atoms with Crippen LogP contribution in [-0.4, -0.2) is 26.5 Å². The topological polar surface area (TPSA) is 63.0 Å². The lowest BCUT2D eigenvalue weighted by Crippen LogP contribution is -2.19. The number of aliphatic hydroxyl groups is 1. The number of hydrogen-bond donors (Lipinski definition) is 2. The Morgan fingerprint density at radius 1 is 1.17 bits per heavy atom. The van der Waals surface area contributed by atoms with Crippen molar-refractivity contribution in [3.8, 4) is 0 Å². The minimum Gasteiger partial charge on any atom is -0.396 e. The molecule has 3 heterocycles. The molecule has 122 valence electrons. The number of thiophene rings is 1. The first-order valence-electron chi connectivity index (χ1n) is 7.99. The van der Waals surface area contributed by atoms with Gasteiger partial charge in [-0.15, -0.1) is 11.3 Å². The number of benzene rings is 1. The Kier molecular flexibility index (Phi) is 4.15. The van der Waals surface area contributed by atoms with E-state index < -0.39 is 0 Å². The highest BCUT2D eigenvalue weighted by Crippen LogP contribution is 2.33. The number of nitrogens with one attached hydrogen (secondary N) is 1. The molecule has 1 aliphatic rings. The molecule has 1 unspecified atom stereocenters. The highest BCUT2D eigenvalue weighted by Gasteiger charge is 2.25. The molecule has 0 aliphatic carbocycles. The molecule has 0 saturated carbocycles. The number of aryl methyl sites for hydroxylation is 1. The average Bonchev–Trinajstić information content (AvgIpc) is 3.29. The number of allylic oxidation sites excluding steroid dienone is 1. The molecule has 3 aromatic rings. The van der Waals surface area contributed by atoms with Crippen LogP contribution in [0.4, 0.5) is 5.95 Å². The van der Waals surface area contributed by atoms with E-state index in [-0.39, 0.29) is 12.6 Å². The number of anilines is 1. The van der Waals surface area contributed by atoms with Crippen molar-refractivity contribution in [1.82, 2.24) is 14.8 Å². The van der Waals surface area contributed by atoms with E-state index in [0.29, 0.717) is 12.8 Å². The molecule has 0 amide bonds. The highest BCUT2D eigenvalue weighted by atomic mass is 32.1. The summed E-state index contributed by atoms with van der Waals surface area (Å²) in [6, 6.07) is 14.5. The number of fused-ring (bicyclic) bond motifs is 1. The SMILES string of the molecule is OCCCc1nc2n(n1)C(c1ccccc1)C=C(c1cccs1)N2. The van der Waals surface area contributed by atoms with Gasteiger partial charge in [0.2, 0.25) is 5.95 Å². The largest absolute Gasteiger partial charge is 0.396 e. The molecule has 0 spiro atoms. The second kappa shape index (κ2) is 6.59. The number of nitrogens with zero attached hydrogens (tertiary/aromatic N) is 3. The second-order valence-corrected chi connectivity index (χ2v) is 6.61. The molecular formula is C18H18N4OS. The number of aromatic nitrogens is 3. The van der Waals surface area contributed by atoms with Crippen LogP contribution in [0.3, 0.4) is 0 Å². The van der Waals surface area contributed by atoms with E-state index >= 15 is 0 Å². The van der Waals surface area contributed by atoms with E-state index in [1.54, 1.807) is 11.3 Å². The van der Waals surface area contributed by atoms with Gasteiger partial charge in [0.25, 0.3) is 0 Å². The van der Waals surface area contributed by atoms with Gasteiger partial charge in [-0.1, -0.05) is 36.4 Å². The third kappa shape index (κ3) is 2.86. The lowest BCUT2D eigenvalue weighted by molar-refractivity contribution is 0.287. The fourth-order valence-electron chi connectivity index (χ4n) is 2.84. The molecule has 6 heteroatoms. The van der Waals surface area contributed by atoms with Crippen molar-refractivity contribution in [3.05, 3.63) is 70.2 Å². The van der Waals surface area contributed by atoms with E-state index in [1.807, 2.05) is 28.9 Å². The second-order valence-electron chi connectivity index (χ2n) is 5.66. The van der Waals surface area contributed by atoms with Crippen molar-refractivity contribution in [2.24, 2.45) is 0 Å². The van der Waals surface area contributed by atoms with Gasteiger partial charge in [-0.3, -0.25) is 0 Å². The first-order chi connectivity index (χ1) is 11.8. The monoisotopic (exact) mass is 338 g/mol. The van der Waals surface area contributed by atoms with Gasteiger partial charge in [0.1, 0.15) is 6.04 Å². The molecule has 1 aliphatic heterocycles. The maximum atomic E-state index is 9.04. The number of rotatable bonds is 5. The maximum Gasteiger partial charge on any atom is 0.226 e. The Hall–Kier alpha value is -2.44. The first-order valence-corrected chi connectivity index (χ1v) is 8.87. The molecule has 0 fully saturated rings. The average molecular weight is 338 g/mol. The zero-order valence-corrected chi connectivity index (χ0v) is 13.9.